The van der Waals surface area contributed by atoms with Crippen molar-refractivity contribution in [3.63, 3.8) is 0 Å². The summed E-state index contributed by atoms with van der Waals surface area (Å²) >= 11 is 1.56. The maximum atomic E-state index is 12.5. The molecule has 0 saturated heterocycles. The largest absolute Gasteiger partial charge is 0.496 e. The number of benzene rings is 1. The fraction of sp³-hybridized carbons (Fsp3) is 0.222. The van der Waals surface area contributed by atoms with Gasteiger partial charge in [0.2, 0.25) is 0 Å². The van der Waals surface area contributed by atoms with Gasteiger partial charge in [0.15, 0.2) is 5.78 Å². The predicted molar refractivity (Wildman–Crippen MR) is 91.8 cm³/mol. The van der Waals surface area contributed by atoms with Gasteiger partial charge in [0.1, 0.15) is 5.75 Å². The molecule has 120 valence electrons. The van der Waals surface area contributed by atoms with Crippen molar-refractivity contribution in [2.45, 2.75) is 20.8 Å². The first kappa shape index (κ1) is 17.0. The van der Waals surface area contributed by atoms with Crippen LogP contribution in [0.25, 0.3) is 6.08 Å². The summed E-state index contributed by atoms with van der Waals surface area (Å²) in [7, 11) is 1.44. The van der Waals surface area contributed by atoms with Crippen molar-refractivity contribution >= 4 is 29.2 Å². The van der Waals surface area contributed by atoms with E-state index in [9.17, 15) is 14.7 Å². The van der Waals surface area contributed by atoms with E-state index in [2.05, 4.69) is 0 Å². The first-order chi connectivity index (χ1) is 10.8. The van der Waals surface area contributed by atoms with Gasteiger partial charge in [-0.3, -0.25) is 4.79 Å². The molecule has 1 aromatic carbocycles. The van der Waals surface area contributed by atoms with E-state index >= 15 is 0 Å². The minimum atomic E-state index is -1.03. The van der Waals surface area contributed by atoms with E-state index in [1.54, 1.807) is 37.3 Å². The second-order valence-electron chi connectivity index (χ2n) is 5.30. The average Bonchev–Trinajstić information content (AvgIpc) is 2.89. The number of hydrogen-bond acceptors (Lipinski definition) is 4. The van der Waals surface area contributed by atoms with Gasteiger partial charge in [-0.15, -0.1) is 11.3 Å². The van der Waals surface area contributed by atoms with Gasteiger partial charge in [-0.1, -0.05) is 0 Å². The number of carboxylic acid groups (broad SMARTS) is 1. The number of allylic oxidation sites excluding steroid dienone is 1. The first-order valence-electron chi connectivity index (χ1n) is 7.04. The van der Waals surface area contributed by atoms with E-state index in [1.807, 2.05) is 18.4 Å². The Hall–Kier alpha value is -2.40. The van der Waals surface area contributed by atoms with Gasteiger partial charge < -0.3 is 9.84 Å². The summed E-state index contributed by atoms with van der Waals surface area (Å²) in [5.41, 5.74) is 2.70. The lowest BCUT2D eigenvalue weighted by Gasteiger charge is -2.14. The highest BCUT2D eigenvalue weighted by atomic mass is 32.1. The molecule has 2 rings (SSSR count). The molecule has 0 aliphatic heterocycles. The molecule has 0 aliphatic rings. The number of thiophene rings is 1. The number of aromatic carboxylic acids is 1. The van der Waals surface area contributed by atoms with Crippen LogP contribution in [0.15, 0.2) is 23.6 Å². The van der Waals surface area contributed by atoms with Gasteiger partial charge in [-0.25, -0.2) is 4.79 Å². The molecule has 5 heteroatoms. The molecule has 0 atom stereocenters. The molecule has 1 N–H and O–H groups in total. The van der Waals surface area contributed by atoms with E-state index in [0.29, 0.717) is 22.4 Å². The molecule has 2 aromatic rings. The van der Waals surface area contributed by atoms with Crippen LogP contribution < -0.4 is 4.74 Å². The van der Waals surface area contributed by atoms with Crippen molar-refractivity contribution in [1.29, 1.82) is 0 Å². The zero-order chi connectivity index (χ0) is 17.1. The second kappa shape index (κ2) is 6.79. The lowest BCUT2D eigenvalue weighted by Crippen LogP contribution is -2.09. The molecule has 0 unspecified atom stereocenters. The lowest BCUT2D eigenvalue weighted by molar-refractivity contribution is 0.0694. The highest BCUT2D eigenvalue weighted by molar-refractivity contribution is 7.11. The summed E-state index contributed by atoms with van der Waals surface area (Å²) in [6, 6.07) is 3.57. The normalized spacial score (nSPS) is 11.0. The van der Waals surface area contributed by atoms with Crippen molar-refractivity contribution in [3.05, 3.63) is 56.3 Å². The summed E-state index contributed by atoms with van der Waals surface area (Å²) in [6.45, 7) is 5.33. The molecular formula is C18H18O4S. The Morgan fingerprint density at radius 1 is 1.22 bits per heavy atom. The SMILES string of the molecule is COc1c(C(=O)C=Cc2cc(C)cs2)cc(C)c(C(=O)O)c1C. The Kier molecular flexibility index (Phi) is 5.01. The molecule has 0 amide bonds. The molecule has 0 aliphatic carbocycles. The van der Waals surface area contributed by atoms with E-state index in [4.69, 9.17) is 4.74 Å². The average molecular weight is 330 g/mol. The third kappa shape index (κ3) is 3.51. The van der Waals surface area contributed by atoms with Gasteiger partial charge in [-0.05, 0) is 61.6 Å². The van der Waals surface area contributed by atoms with E-state index in [0.717, 1.165) is 10.4 Å². The van der Waals surface area contributed by atoms with Crippen LogP contribution in [0.3, 0.4) is 0 Å². The first-order valence-corrected chi connectivity index (χ1v) is 7.92. The molecule has 1 aromatic heterocycles. The third-order valence-corrected chi connectivity index (χ3v) is 4.56. The number of rotatable bonds is 5. The van der Waals surface area contributed by atoms with E-state index < -0.39 is 5.97 Å². The topological polar surface area (TPSA) is 63.6 Å². The molecule has 0 fully saturated rings. The Labute approximate surface area is 139 Å². The van der Waals surface area contributed by atoms with Gasteiger partial charge in [-0.2, -0.15) is 0 Å². The fourth-order valence-electron chi connectivity index (χ4n) is 2.53. The number of carboxylic acids is 1. The number of aryl methyl sites for hydroxylation is 2. The quantitative estimate of drug-likeness (QED) is 0.656. The number of methoxy groups -OCH3 is 1. The molecular weight excluding hydrogens is 312 g/mol. The Balaban J connectivity index is 2.44. The van der Waals surface area contributed by atoms with Gasteiger partial charge in [0, 0.05) is 10.4 Å². The lowest BCUT2D eigenvalue weighted by atomic mass is 9.95. The summed E-state index contributed by atoms with van der Waals surface area (Å²) in [6.07, 6.45) is 3.25. The number of carbonyl (C=O) groups is 2. The summed E-state index contributed by atoms with van der Waals surface area (Å²) in [4.78, 5) is 24.8. The van der Waals surface area contributed by atoms with Crippen molar-refractivity contribution in [1.82, 2.24) is 0 Å². The molecule has 23 heavy (non-hydrogen) atoms. The van der Waals surface area contributed by atoms with Crippen LogP contribution in [-0.2, 0) is 0 Å². The highest BCUT2D eigenvalue weighted by Gasteiger charge is 2.21. The molecule has 0 radical (unpaired) electrons. The molecule has 0 saturated carbocycles. The minimum absolute atomic E-state index is 0.177. The maximum Gasteiger partial charge on any atom is 0.336 e. The predicted octanol–water partition coefficient (Wildman–Crippen LogP) is 4.28. The fourth-order valence-corrected chi connectivity index (χ4v) is 3.32. The van der Waals surface area contributed by atoms with E-state index in [-0.39, 0.29) is 11.3 Å². The summed E-state index contributed by atoms with van der Waals surface area (Å²) in [5, 5.41) is 11.3. The number of hydrogen-bond donors (Lipinski definition) is 1. The number of carbonyl (C=O) groups excluding carboxylic acids is 1. The smallest absolute Gasteiger partial charge is 0.336 e. The van der Waals surface area contributed by atoms with Gasteiger partial charge in [0.05, 0.1) is 18.2 Å². The summed E-state index contributed by atoms with van der Waals surface area (Å²) < 4.78 is 5.28. The van der Waals surface area contributed by atoms with Gasteiger partial charge >= 0.3 is 5.97 Å². The molecule has 0 spiro atoms. The Bertz CT molecular complexity index is 800. The minimum Gasteiger partial charge on any atom is -0.496 e. The van der Waals surface area contributed by atoms with E-state index in [1.165, 1.54) is 13.2 Å². The van der Waals surface area contributed by atoms with Crippen molar-refractivity contribution < 1.29 is 19.4 Å². The van der Waals surface area contributed by atoms with Crippen molar-refractivity contribution in [3.8, 4) is 5.75 Å². The van der Waals surface area contributed by atoms with Crippen molar-refractivity contribution in [2.24, 2.45) is 0 Å². The van der Waals surface area contributed by atoms with Crippen LogP contribution in [0, 0.1) is 20.8 Å². The Morgan fingerprint density at radius 2 is 1.91 bits per heavy atom. The van der Waals surface area contributed by atoms with Crippen LogP contribution in [0.5, 0.6) is 5.75 Å². The molecule has 1 heterocycles. The van der Waals surface area contributed by atoms with Crippen molar-refractivity contribution in [2.75, 3.05) is 7.11 Å². The summed E-state index contributed by atoms with van der Waals surface area (Å²) in [5.74, 6) is -0.928. The maximum absolute atomic E-state index is 12.5. The monoisotopic (exact) mass is 330 g/mol. The molecule has 4 nitrogen and oxygen atoms in total. The van der Waals surface area contributed by atoms with Crippen LogP contribution in [-0.4, -0.2) is 24.0 Å². The molecule has 0 bridgehead atoms. The number of ether oxygens (including phenoxy) is 1. The zero-order valence-electron chi connectivity index (χ0n) is 13.5. The highest BCUT2D eigenvalue weighted by Crippen LogP contribution is 2.30. The third-order valence-electron chi connectivity index (χ3n) is 3.55. The second-order valence-corrected chi connectivity index (χ2v) is 6.25. The standard InChI is InChI=1S/C18H18O4S/c1-10-7-13(23-9-10)5-6-15(19)14-8-11(2)16(18(20)21)12(3)17(14)22-4/h5-9H,1-4H3,(H,20,21). The van der Waals surface area contributed by atoms with Crippen LogP contribution >= 0.6 is 11.3 Å². The number of ketones is 1. The van der Waals surface area contributed by atoms with Crippen LogP contribution in [0.4, 0.5) is 0 Å². The Morgan fingerprint density at radius 3 is 2.43 bits per heavy atom. The van der Waals surface area contributed by atoms with Crippen LogP contribution in [0.1, 0.15) is 42.3 Å². The van der Waals surface area contributed by atoms with Gasteiger partial charge in [0.25, 0.3) is 0 Å². The van der Waals surface area contributed by atoms with Crippen LogP contribution in [0.2, 0.25) is 0 Å². The zero-order valence-corrected chi connectivity index (χ0v) is 14.3.